The van der Waals surface area contributed by atoms with Crippen LogP contribution in [0.3, 0.4) is 0 Å². The SMILES string of the molecule is COc1cc(C)ccc1Oc1nc(C)ccc1OC[C@H]1CCCNC1.O=C(O)/C=C/C(=O)O. The minimum atomic E-state index is -1.26. The molecule has 33 heavy (non-hydrogen) atoms. The van der Waals surface area contributed by atoms with Crippen molar-refractivity contribution in [1.29, 1.82) is 0 Å². The van der Waals surface area contributed by atoms with E-state index in [4.69, 9.17) is 24.4 Å². The number of piperidine rings is 1. The lowest BCUT2D eigenvalue weighted by Crippen LogP contribution is -2.33. The fourth-order valence-electron chi connectivity index (χ4n) is 3.08. The summed E-state index contributed by atoms with van der Waals surface area (Å²) in [5.74, 6) is 0.474. The summed E-state index contributed by atoms with van der Waals surface area (Å²) in [4.78, 5) is 23.6. The van der Waals surface area contributed by atoms with Crippen LogP contribution in [0, 0.1) is 19.8 Å². The van der Waals surface area contributed by atoms with Crippen LogP contribution in [0.5, 0.6) is 23.1 Å². The van der Waals surface area contributed by atoms with Crippen molar-refractivity contribution in [3.63, 3.8) is 0 Å². The van der Waals surface area contributed by atoms with Gasteiger partial charge < -0.3 is 29.7 Å². The fourth-order valence-corrected chi connectivity index (χ4v) is 3.08. The highest BCUT2D eigenvalue weighted by Gasteiger charge is 2.17. The van der Waals surface area contributed by atoms with Crippen molar-refractivity contribution in [3.05, 3.63) is 53.7 Å². The van der Waals surface area contributed by atoms with Crippen molar-refractivity contribution in [1.82, 2.24) is 10.3 Å². The molecule has 1 aromatic heterocycles. The highest BCUT2D eigenvalue weighted by atomic mass is 16.5. The fraction of sp³-hybridized carbons (Fsp3) is 0.375. The molecular formula is C24H30N2O7. The first-order chi connectivity index (χ1) is 15.8. The number of nitrogens with one attached hydrogen (secondary N) is 1. The van der Waals surface area contributed by atoms with Gasteiger partial charge in [-0.3, -0.25) is 0 Å². The molecule has 1 aromatic carbocycles. The Balaban J connectivity index is 0.000000414. The molecule has 3 rings (SSSR count). The lowest BCUT2D eigenvalue weighted by Gasteiger charge is -2.23. The van der Waals surface area contributed by atoms with Crippen LogP contribution in [0.4, 0.5) is 0 Å². The highest BCUT2D eigenvalue weighted by molar-refractivity contribution is 5.89. The number of carbonyl (C=O) groups is 2. The molecule has 2 heterocycles. The van der Waals surface area contributed by atoms with E-state index < -0.39 is 11.9 Å². The van der Waals surface area contributed by atoms with E-state index in [1.165, 1.54) is 12.8 Å². The zero-order chi connectivity index (χ0) is 24.2. The second-order valence-corrected chi connectivity index (χ2v) is 7.55. The van der Waals surface area contributed by atoms with Crippen molar-refractivity contribution in [2.45, 2.75) is 26.7 Å². The van der Waals surface area contributed by atoms with Crippen molar-refractivity contribution in [2.75, 3.05) is 26.8 Å². The van der Waals surface area contributed by atoms with Crippen molar-refractivity contribution >= 4 is 11.9 Å². The molecule has 0 unspecified atom stereocenters. The third-order valence-electron chi connectivity index (χ3n) is 4.73. The van der Waals surface area contributed by atoms with Crippen molar-refractivity contribution in [3.8, 4) is 23.1 Å². The smallest absolute Gasteiger partial charge is 0.328 e. The lowest BCUT2D eigenvalue weighted by atomic mass is 10.0. The number of carboxylic acid groups (broad SMARTS) is 2. The third-order valence-corrected chi connectivity index (χ3v) is 4.73. The summed E-state index contributed by atoms with van der Waals surface area (Å²) in [6.45, 7) is 6.72. The minimum absolute atomic E-state index is 0.478. The number of nitrogens with zero attached hydrogens (tertiary/aromatic N) is 1. The minimum Gasteiger partial charge on any atom is -0.493 e. The maximum atomic E-state index is 9.55. The summed E-state index contributed by atoms with van der Waals surface area (Å²) < 4.78 is 17.5. The van der Waals surface area contributed by atoms with E-state index in [0.29, 0.717) is 47.8 Å². The number of aromatic nitrogens is 1. The van der Waals surface area contributed by atoms with Gasteiger partial charge in [-0.2, -0.15) is 0 Å². The Hall–Kier alpha value is -3.59. The first-order valence-electron chi connectivity index (χ1n) is 10.6. The molecule has 0 amide bonds. The van der Waals surface area contributed by atoms with Gasteiger partial charge >= 0.3 is 11.9 Å². The number of hydrogen-bond acceptors (Lipinski definition) is 7. The second-order valence-electron chi connectivity index (χ2n) is 7.55. The van der Waals surface area contributed by atoms with Crippen LogP contribution in [0.25, 0.3) is 0 Å². The molecule has 1 aliphatic heterocycles. The number of pyridine rings is 1. The van der Waals surface area contributed by atoms with Gasteiger partial charge in [-0.1, -0.05) is 6.07 Å². The van der Waals surface area contributed by atoms with E-state index in [9.17, 15) is 9.59 Å². The molecule has 0 spiro atoms. The number of aliphatic carboxylic acids is 2. The number of carboxylic acids is 2. The van der Waals surface area contributed by atoms with Gasteiger partial charge in [-0.25, -0.2) is 14.6 Å². The molecule has 9 heteroatoms. The number of rotatable bonds is 8. The van der Waals surface area contributed by atoms with Crippen LogP contribution in [0.1, 0.15) is 24.1 Å². The van der Waals surface area contributed by atoms with Gasteiger partial charge in [0.05, 0.1) is 13.7 Å². The molecule has 1 fully saturated rings. The Morgan fingerprint density at radius 1 is 1.09 bits per heavy atom. The molecule has 0 aliphatic carbocycles. The maximum Gasteiger partial charge on any atom is 0.328 e. The summed E-state index contributed by atoms with van der Waals surface area (Å²) in [5, 5.41) is 19.0. The molecule has 0 radical (unpaired) electrons. The molecule has 0 bridgehead atoms. The second kappa shape index (κ2) is 13.1. The summed E-state index contributed by atoms with van der Waals surface area (Å²) >= 11 is 0. The van der Waals surface area contributed by atoms with E-state index in [1.54, 1.807) is 7.11 Å². The zero-order valence-electron chi connectivity index (χ0n) is 19.0. The third kappa shape index (κ3) is 9.20. The van der Waals surface area contributed by atoms with E-state index >= 15 is 0 Å². The predicted octanol–water partition coefficient (Wildman–Crippen LogP) is 3.59. The quantitative estimate of drug-likeness (QED) is 0.509. The average Bonchev–Trinajstić information content (AvgIpc) is 2.79. The van der Waals surface area contributed by atoms with E-state index in [2.05, 4.69) is 10.3 Å². The van der Waals surface area contributed by atoms with Crippen LogP contribution in [-0.4, -0.2) is 53.9 Å². The van der Waals surface area contributed by atoms with Gasteiger partial charge in [0.25, 0.3) is 5.88 Å². The maximum absolute atomic E-state index is 9.55. The molecule has 1 aliphatic rings. The molecule has 178 valence electrons. The van der Waals surface area contributed by atoms with Crippen LogP contribution in [0.2, 0.25) is 0 Å². The number of benzene rings is 1. The monoisotopic (exact) mass is 458 g/mol. The standard InChI is InChI=1S/C20H26N2O3.C4H4O4/c1-14-6-8-17(19(11-14)23-3)25-20-18(9-7-15(2)22-20)24-13-16-5-4-10-21-12-16;5-3(6)1-2-4(7)8/h6-9,11,16,21H,4-5,10,12-13H2,1-3H3;1-2H,(H,5,6)(H,7,8)/b;2-1+/t16-;/m0./s1. The Kier molecular flexibility index (Phi) is 10.2. The van der Waals surface area contributed by atoms with Gasteiger partial charge in [0.1, 0.15) is 0 Å². The Morgan fingerprint density at radius 3 is 2.39 bits per heavy atom. The molecular weight excluding hydrogens is 428 g/mol. The largest absolute Gasteiger partial charge is 0.493 e. The Bertz CT molecular complexity index is 953. The zero-order valence-corrected chi connectivity index (χ0v) is 19.0. The van der Waals surface area contributed by atoms with Gasteiger partial charge in [-0.05, 0) is 63.1 Å². The molecule has 0 saturated carbocycles. The topological polar surface area (TPSA) is 127 Å². The summed E-state index contributed by atoms with van der Waals surface area (Å²) in [5.41, 5.74) is 2.00. The molecule has 9 nitrogen and oxygen atoms in total. The normalized spacial score (nSPS) is 15.3. The Labute approximate surface area is 193 Å². The number of ether oxygens (including phenoxy) is 3. The first kappa shape index (κ1) is 25.7. The molecule has 1 atom stereocenters. The van der Waals surface area contributed by atoms with Gasteiger partial charge in [-0.15, -0.1) is 0 Å². The van der Waals surface area contributed by atoms with Crippen LogP contribution >= 0.6 is 0 Å². The number of hydrogen-bond donors (Lipinski definition) is 3. The first-order valence-corrected chi connectivity index (χ1v) is 10.6. The predicted molar refractivity (Wildman–Crippen MR) is 122 cm³/mol. The highest BCUT2D eigenvalue weighted by Crippen LogP contribution is 2.36. The average molecular weight is 459 g/mol. The molecule has 3 N–H and O–H groups in total. The molecule has 1 saturated heterocycles. The van der Waals surface area contributed by atoms with Crippen LogP contribution < -0.4 is 19.5 Å². The molecule has 2 aromatic rings. The number of aryl methyl sites for hydroxylation is 2. The summed E-state index contributed by atoms with van der Waals surface area (Å²) in [7, 11) is 1.64. The summed E-state index contributed by atoms with van der Waals surface area (Å²) in [6.07, 6.45) is 3.50. The van der Waals surface area contributed by atoms with E-state index in [1.807, 2.05) is 44.2 Å². The van der Waals surface area contributed by atoms with Gasteiger partial charge in [0.2, 0.25) is 0 Å². The summed E-state index contributed by atoms with van der Waals surface area (Å²) in [6, 6.07) is 9.69. The van der Waals surface area contributed by atoms with Gasteiger partial charge in [0.15, 0.2) is 17.2 Å². The van der Waals surface area contributed by atoms with Crippen molar-refractivity contribution < 1.29 is 34.0 Å². The van der Waals surface area contributed by atoms with Gasteiger partial charge in [0, 0.05) is 30.3 Å². The van der Waals surface area contributed by atoms with Crippen LogP contribution in [-0.2, 0) is 9.59 Å². The van der Waals surface area contributed by atoms with E-state index in [0.717, 1.165) is 24.3 Å². The lowest BCUT2D eigenvalue weighted by molar-refractivity contribution is -0.134. The number of methoxy groups -OCH3 is 1. The Morgan fingerprint density at radius 2 is 1.79 bits per heavy atom. The van der Waals surface area contributed by atoms with Crippen LogP contribution in [0.15, 0.2) is 42.5 Å². The van der Waals surface area contributed by atoms with E-state index in [-0.39, 0.29) is 0 Å². The van der Waals surface area contributed by atoms with Crippen molar-refractivity contribution in [2.24, 2.45) is 5.92 Å².